The van der Waals surface area contributed by atoms with Crippen molar-refractivity contribution in [2.75, 3.05) is 11.9 Å². The Hall–Kier alpha value is -3.80. The molecule has 1 N–H and O–H groups in total. The summed E-state index contributed by atoms with van der Waals surface area (Å²) in [5, 5.41) is 3.02. The second kappa shape index (κ2) is 8.29. The standard InChI is InChI=1S/C24H21N3O3/c1-16-8-7-13-22(26-16)25-15-21(28)20(14-17-9-3-2-4-10-17)27-23(29)18-11-5-6-12-19(18)24(27)30/h2-13,20H,14-15H2,1H3,(H,25,26). The number of Topliss-reactive ketones (excluding diaryl/α,β-unsaturated/α-hetero) is 1. The molecular weight excluding hydrogens is 378 g/mol. The van der Waals surface area contributed by atoms with Crippen molar-refractivity contribution in [1.82, 2.24) is 9.88 Å². The number of imide groups is 1. The van der Waals surface area contributed by atoms with Gasteiger partial charge in [-0.25, -0.2) is 4.98 Å². The van der Waals surface area contributed by atoms with Crippen LogP contribution in [0, 0.1) is 6.92 Å². The Morgan fingerprint density at radius 2 is 1.53 bits per heavy atom. The molecule has 0 spiro atoms. The summed E-state index contributed by atoms with van der Waals surface area (Å²) in [5.74, 6) is -0.544. The molecule has 150 valence electrons. The van der Waals surface area contributed by atoms with Crippen LogP contribution in [0.4, 0.5) is 5.82 Å². The van der Waals surface area contributed by atoms with Gasteiger partial charge in [-0.05, 0) is 36.8 Å². The molecule has 0 saturated carbocycles. The van der Waals surface area contributed by atoms with Gasteiger partial charge in [0.1, 0.15) is 11.9 Å². The molecule has 0 bridgehead atoms. The van der Waals surface area contributed by atoms with Crippen LogP contribution in [-0.4, -0.2) is 40.1 Å². The molecule has 2 heterocycles. The van der Waals surface area contributed by atoms with Crippen molar-refractivity contribution in [2.24, 2.45) is 0 Å². The number of aryl methyl sites for hydroxylation is 1. The average Bonchev–Trinajstić information content (AvgIpc) is 3.02. The number of carbonyl (C=O) groups is 3. The molecule has 2 aromatic carbocycles. The van der Waals surface area contributed by atoms with Crippen molar-refractivity contribution in [3.05, 3.63) is 95.2 Å². The van der Waals surface area contributed by atoms with Gasteiger partial charge in [-0.2, -0.15) is 0 Å². The fraction of sp³-hybridized carbons (Fsp3) is 0.167. The number of nitrogens with zero attached hydrogens (tertiary/aromatic N) is 2. The van der Waals surface area contributed by atoms with Crippen LogP contribution in [0.25, 0.3) is 0 Å². The van der Waals surface area contributed by atoms with Crippen LogP contribution in [-0.2, 0) is 11.2 Å². The maximum Gasteiger partial charge on any atom is 0.262 e. The highest BCUT2D eigenvalue weighted by Gasteiger charge is 2.42. The highest BCUT2D eigenvalue weighted by Crippen LogP contribution is 2.26. The van der Waals surface area contributed by atoms with E-state index in [9.17, 15) is 14.4 Å². The number of pyridine rings is 1. The van der Waals surface area contributed by atoms with Gasteiger partial charge in [0.25, 0.3) is 11.8 Å². The van der Waals surface area contributed by atoms with E-state index in [2.05, 4.69) is 10.3 Å². The van der Waals surface area contributed by atoms with Crippen LogP contribution in [0.1, 0.15) is 32.0 Å². The van der Waals surface area contributed by atoms with E-state index in [1.54, 1.807) is 30.3 Å². The minimum absolute atomic E-state index is 0.0403. The Balaban J connectivity index is 1.61. The van der Waals surface area contributed by atoms with Gasteiger partial charge in [0.2, 0.25) is 0 Å². The molecule has 2 amide bonds. The monoisotopic (exact) mass is 399 g/mol. The smallest absolute Gasteiger partial charge is 0.262 e. The molecule has 0 radical (unpaired) electrons. The van der Waals surface area contributed by atoms with Gasteiger partial charge >= 0.3 is 0 Å². The summed E-state index contributed by atoms with van der Waals surface area (Å²) in [5.41, 5.74) is 2.37. The fourth-order valence-corrected chi connectivity index (χ4v) is 3.61. The Kier molecular flexibility index (Phi) is 5.39. The molecule has 1 aromatic heterocycles. The van der Waals surface area contributed by atoms with Crippen LogP contribution < -0.4 is 5.32 Å². The first-order chi connectivity index (χ1) is 14.5. The van der Waals surface area contributed by atoms with Crippen molar-refractivity contribution in [3.63, 3.8) is 0 Å². The van der Waals surface area contributed by atoms with Gasteiger partial charge < -0.3 is 5.32 Å². The quantitative estimate of drug-likeness (QED) is 0.617. The number of anilines is 1. The number of nitrogens with one attached hydrogen (secondary N) is 1. The lowest BCUT2D eigenvalue weighted by Crippen LogP contribution is -2.48. The van der Waals surface area contributed by atoms with Crippen molar-refractivity contribution in [2.45, 2.75) is 19.4 Å². The van der Waals surface area contributed by atoms with E-state index in [0.717, 1.165) is 16.2 Å². The van der Waals surface area contributed by atoms with Crippen LogP contribution in [0.5, 0.6) is 0 Å². The third kappa shape index (κ3) is 3.85. The van der Waals surface area contributed by atoms with Crippen molar-refractivity contribution in [3.8, 4) is 0 Å². The summed E-state index contributed by atoms with van der Waals surface area (Å²) >= 11 is 0. The Labute approximate surface area is 174 Å². The summed E-state index contributed by atoms with van der Waals surface area (Å²) < 4.78 is 0. The Bertz CT molecular complexity index is 1080. The van der Waals surface area contributed by atoms with Crippen LogP contribution in [0.15, 0.2) is 72.8 Å². The fourth-order valence-electron chi connectivity index (χ4n) is 3.61. The van der Waals surface area contributed by atoms with Gasteiger partial charge in [-0.1, -0.05) is 48.5 Å². The molecule has 6 heteroatoms. The number of aromatic nitrogens is 1. The van der Waals surface area contributed by atoms with Gasteiger partial charge in [-0.15, -0.1) is 0 Å². The number of hydrogen-bond donors (Lipinski definition) is 1. The minimum atomic E-state index is -0.905. The first-order valence-electron chi connectivity index (χ1n) is 9.75. The van der Waals surface area contributed by atoms with E-state index in [4.69, 9.17) is 0 Å². The van der Waals surface area contributed by atoms with Crippen molar-refractivity contribution in [1.29, 1.82) is 0 Å². The number of amides is 2. The third-order valence-electron chi connectivity index (χ3n) is 5.11. The summed E-state index contributed by atoms with van der Waals surface area (Å²) in [6.45, 7) is 1.82. The predicted octanol–water partition coefficient (Wildman–Crippen LogP) is 3.28. The molecule has 1 unspecified atom stereocenters. The van der Waals surface area contributed by atoms with Crippen molar-refractivity contribution >= 4 is 23.4 Å². The van der Waals surface area contributed by atoms with E-state index in [-0.39, 0.29) is 18.7 Å². The van der Waals surface area contributed by atoms with E-state index < -0.39 is 17.9 Å². The lowest BCUT2D eigenvalue weighted by atomic mass is 10.0. The van der Waals surface area contributed by atoms with E-state index in [1.165, 1.54) is 0 Å². The summed E-state index contributed by atoms with van der Waals surface area (Å²) in [6, 6.07) is 20.6. The molecular formula is C24H21N3O3. The normalized spacial score (nSPS) is 13.8. The highest BCUT2D eigenvalue weighted by atomic mass is 16.2. The maximum absolute atomic E-state index is 13.2. The van der Waals surface area contributed by atoms with Crippen molar-refractivity contribution < 1.29 is 14.4 Å². The van der Waals surface area contributed by atoms with Crippen LogP contribution in [0.2, 0.25) is 0 Å². The molecule has 1 aliphatic rings. The second-order valence-corrected chi connectivity index (χ2v) is 7.22. The number of fused-ring (bicyclic) bond motifs is 1. The number of benzene rings is 2. The maximum atomic E-state index is 13.2. The number of carbonyl (C=O) groups excluding carboxylic acids is 3. The third-order valence-corrected chi connectivity index (χ3v) is 5.11. The zero-order chi connectivity index (χ0) is 21.1. The average molecular weight is 399 g/mol. The molecule has 4 rings (SSSR count). The van der Waals surface area contributed by atoms with Gasteiger partial charge in [0.05, 0.1) is 17.7 Å². The number of ketones is 1. The number of rotatable bonds is 7. The molecule has 1 aliphatic heterocycles. The van der Waals surface area contributed by atoms with Gasteiger partial charge in [-0.3, -0.25) is 19.3 Å². The first kappa shape index (κ1) is 19.5. The topological polar surface area (TPSA) is 79.4 Å². The second-order valence-electron chi connectivity index (χ2n) is 7.22. The van der Waals surface area contributed by atoms with Gasteiger partial charge in [0.15, 0.2) is 5.78 Å². The SMILES string of the molecule is Cc1cccc(NCC(=O)C(Cc2ccccc2)N2C(=O)c3ccccc3C2=O)n1. The summed E-state index contributed by atoms with van der Waals surface area (Å²) in [4.78, 5) is 44.6. The molecule has 6 nitrogen and oxygen atoms in total. The largest absolute Gasteiger partial charge is 0.363 e. The van der Waals surface area contributed by atoms with Gasteiger partial charge in [0, 0.05) is 12.1 Å². The first-order valence-corrected chi connectivity index (χ1v) is 9.75. The molecule has 0 fully saturated rings. The lowest BCUT2D eigenvalue weighted by molar-refractivity contribution is -0.121. The summed E-state index contributed by atoms with van der Waals surface area (Å²) in [7, 11) is 0. The molecule has 3 aromatic rings. The molecule has 1 atom stereocenters. The minimum Gasteiger partial charge on any atom is -0.363 e. The highest BCUT2D eigenvalue weighted by molar-refractivity contribution is 6.23. The molecule has 0 aliphatic carbocycles. The van der Waals surface area contributed by atoms with E-state index in [1.807, 2.05) is 49.4 Å². The van der Waals surface area contributed by atoms with E-state index in [0.29, 0.717) is 16.9 Å². The Morgan fingerprint density at radius 3 is 2.17 bits per heavy atom. The summed E-state index contributed by atoms with van der Waals surface area (Å²) in [6.07, 6.45) is 0.258. The zero-order valence-electron chi connectivity index (χ0n) is 16.5. The zero-order valence-corrected chi connectivity index (χ0v) is 16.5. The number of hydrogen-bond acceptors (Lipinski definition) is 5. The van der Waals surface area contributed by atoms with Crippen LogP contribution >= 0.6 is 0 Å². The Morgan fingerprint density at radius 1 is 0.900 bits per heavy atom. The van der Waals surface area contributed by atoms with E-state index >= 15 is 0 Å². The molecule has 0 saturated heterocycles. The molecule has 30 heavy (non-hydrogen) atoms. The lowest BCUT2D eigenvalue weighted by Gasteiger charge is -2.25. The van der Waals surface area contributed by atoms with Crippen LogP contribution in [0.3, 0.4) is 0 Å². The predicted molar refractivity (Wildman–Crippen MR) is 113 cm³/mol.